The molecule has 2 amide bonds. The number of rotatable bonds is 6. The summed E-state index contributed by atoms with van der Waals surface area (Å²) < 4.78 is 5.54. The Morgan fingerprint density at radius 3 is 2.50 bits per heavy atom. The maximum Gasteiger partial charge on any atom is 0.267 e. The molecule has 1 heterocycles. The van der Waals surface area contributed by atoms with Gasteiger partial charge in [-0.15, -0.1) is 0 Å². The molecule has 3 rings (SSSR count). The molecule has 1 saturated heterocycles. The number of ether oxygens (including phenoxy) is 1. The molecule has 1 fully saturated rings. The van der Waals surface area contributed by atoms with Crippen LogP contribution in [0.4, 0.5) is 0 Å². The second kappa shape index (κ2) is 9.53. The van der Waals surface area contributed by atoms with E-state index < -0.39 is 0 Å². The topological polar surface area (TPSA) is 67.4 Å². The van der Waals surface area contributed by atoms with Gasteiger partial charge in [-0.25, -0.2) is 0 Å². The highest BCUT2D eigenvalue weighted by Crippen LogP contribution is 2.14. The fourth-order valence-electron chi connectivity index (χ4n) is 2.89. The van der Waals surface area contributed by atoms with Crippen LogP contribution in [0.3, 0.4) is 0 Å². The zero-order valence-corrected chi connectivity index (χ0v) is 16.5. The zero-order valence-electron chi connectivity index (χ0n) is 15.7. The van der Waals surface area contributed by atoms with Crippen molar-refractivity contribution in [1.82, 2.24) is 10.6 Å². The van der Waals surface area contributed by atoms with Gasteiger partial charge in [-0.1, -0.05) is 41.4 Å². The Bertz CT molecular complexity index is 854. The van der Waals surface area contributed by atoms with Crippen LogP contribution in [0.2, 0.25) is 5.02 Å². The number of carbonyl (C=O) groups is 2. The van der Waals surface area contributed by atoms with Crippen molar-refractivity contribution in [2.75, 3.05) is 13.2 Å². The van der Waals surface area contributed by atoms with Gasteiger partial charge in [0.2, 0.25) is 0 Å². The summed E-state index contributed by atoms with van der Waals surface area (Å²) >= 11 is 5.93. The Hall–Kier alpha value is -2.63. The first kappa shape index (κ1) is 20.1. The van der Waals surface area contributed by atoms with Gasteiger partial charge < -0.3 is 15.4 Å². The molecule has 1 aliphatic heterocycles. The Morgan fingerprint density at radius 2 is 1.86 bits per heavy atom. The van der Waals surface area contributed by atoms with Gasteiger partial charge in [0.1, 0.15) is 5.70 Å². The van der Waals surface area contributed by atoms with E-state index in [-0.39, 0.29) is 23.6 Å². The number of hydrogen-bond donors (Lipinski definition) is 2. The highest BCUT2D eigenvalue weighted by atomic mass is 35.5. The number of amides is 2. The van der Waals surface area contributed by atoms with E-state index in [0.29, 0.717) is 17.1 Å². The molecule has 0 unspecified atom stereocenters. The molecule has 28 heavy (non-hydrogen) atoms. The molecule has 0 bridgehead atoms. The monoisotopic (exact) mass is 398 g/mol. The van der Waals surface area contributed by atoms with E-state index in [1.165, 1.54) is 0 Å². The number of hydrogen-bond acceptors (Lipinski definition) is 3. The van der Waals surface area contributed by atoms with Gasteiger partial charge in [0.15, 0.2) is 0 Å². The van der Waals surface area contributed by atoms with Crippen LogP contribution in [0.1, 0.15) is 34.3 Å². The molecule has 0 aliphatic carbocycles. The van der Waals surface area contributed by atoms with Crippen molar-refractivity contribution in [2.24, 2.45) is 0 Å². The second-order valence-electron chi connectivity index (χ2n) is 6.77. The highest BCUT2D eigenvalue weighted by Gasteiger charge is 2.19. The molecule has 0 spiro atoms. The molecule has 2 N–H and O–H groups in total. The van der Waals surface area contributed by atoms with E-state index in [2.05, 4.69) is 10.6 Å². The zero-order chi connectivity index (χ0) is 19.9. The van der Waals surface area contributed by atoms with E-state index in [4.69, 9.17) is 16.3 Å². The Kier molecular flexibility index (Phi) is 6.85. The van der Waals surface area contributed by atoms with Crippen LogP contribution in [0.5, 0.6) is 0 Å². The lowest BCUT2D eigenvalue weighted by Gasteiger charge is -2.14. The molecule has 0 saturated carbocycles. The van der Waals surface area contributed by atoms with Crippen molar-refractivity contribution in [3.05, 3.63) is 75.9 Å². The Labute approximate surface area is 169 Å². The van der Waals surface area contributed by atoms with Gasteiger partial charge in [0.05, 0.1) is 6.10 Å². The third kappa shape index (κ3) is 5.68. The van der Waals surface area contributed by atoms with Crippen LogP contribution < -0.4 is 10.6 Å². The van der Waals surface area contributed by atoms with Crippen LogP contribution in [-0.4, -0.2) is 31.1 Å². The molecule has 0 aromatic heterocycles. The van der Waals surface area contributed by atoms with Gasteiger partial charge in [0, 0.05) is 23.7 Å². The molecule has 1 aliphatic rings. The van der Waals surface area contributed by atoms with E-state index in [0.717, 1.165) is 30.6 Å². The van der Waals surface area contributed by atoms with Crippen LogP contribution in [0.25, 0.3) is 6.08 Å². The highest BCUT2D eigenvalue weighted by molar-refractivity contribution is 6.30. The Balaban J connectivity index is 1.76. The molecular formula is C22H23ClN2O3. The first-order valence-corrected chi connectivity index (χ1v) is 9.64. The largest absolute Gasteiger partial charge is 0.376 e. The second-order valence-corrected chi connectivity index (χ2v) is 7.21. The van der Waals surface area contributed by atoms with Gasteiger partial charge in [-0.05, 0) is 55.7 Å². The number of carbonyl (C=O) groups excluding carboxylic acids is 2. The number of nitrogens with one attached hydrogen (secondary N) is 2. The molecule has 5 nitrogen and oxygen atoms in total. The quantitative estimate of drug-likeness (QED) is 0.729. The maximum atomic E-state index is 12.7. The average molecular weight is 399 g/mol. The Morgan fingerprint density at radius 1 is 1.14 bits per heavy atom. The van der Waals surface area contributed by atoms with Crippen LogP contribution in [-0.2, 0) is 9.53 Å². The van der Waals surface area contributed by atoms with Crippen molar-refractivity contribution in [1.29, 1.82) is 0 Å². The summed E-state index contributed by atoms with van der Waals surface area (Å²) in [7, 11) is 0. The summed E-state index contributed by atoms with van der Waals surface area (Å²) in [6.07, 6.45) is 3.58. The predicted octanol–water partition coefficient (Wildman–Crippen LogP) is 3.71. The average Bonchev–Trinajstić information content (AvgIpc) is 3.21. The molecule has 146 valence electrons. The fourth-order valence-corrected chi connectivity index (χ4v) is 3.02. The third-order valence-corrected chi connectivity index (χ3v) is 4.75. The van der Waals surface area contributed by atoms with Crippen molar-refractivity contribution < 1.29 is 14.3 Å². The predicted molar refractivity (Wildman–Crippen MR) is 110 cm³/mol. The SMILES string of the molecule is Cc1ccc(C(=O)N/C(=C\c2ccc(Cl)cc2)C(=O)NC[C@H]2CCCO2)cc1. The van der Waals surface area contributed by atoms with Crippen molar-refractivity contribution in [3.63, 3.8) is 0 Å². The molecule has 0 radical (unpaired) electrons. The minimum Gasteiger partial charge on any atom is -0.376 e. The van der Waals surface area contributed by atoms with Gasteiger partial charge >= 0.3 is 0 Å². The summed E-state index contributed by atoms with van der Waals surface area (Å²) in [5.41, 5.74) is 2.48. The van der Waals surface area contributed by atoms with Crippen molar-refractivity contribution >= 4 is 29.5 Å². The lowest BCUT2D eigenvalue weighted by atomic mass is 10.1. The van der Waals surface area contributed by atoms with E-state index in [9.17, 15) is 9.59 Å². The van der Waals surface area contributed by atoms with Gasteiger partial charge in [-0.3, -0.25) is 9.59 Å². The fraction of sp³-hybridized carbons (Fsp3) is 0.273. The first-order chi connectivity index (χ1) is 13.5. The molecule has 2 aromatic carbocycles. The number of halogens is 1. The molecule has 1 atom stereocenters. The van der Waals surface area contributed by atoms with Crippen LogP contribution >= 0.6 is 11.6 Å². The van der Waals surface area contributed by atoms with E-state index >= 15 is 0 Å². The number of benzene rings is 2. The molecule has 6 heteroatoms. The normalized spacial score (nSPS) is 16.6. The standard InChI is InChI=1S/C22H23ClN2O3/c1-15-4-8-17(9-5-15)21(26)25-20(13-16-6-10-18(23)11-7-16)22(27)24-14-19-3-2-12-28-19/h4-11,13,19H,2-3,12,14H2,1H3,(H,24,27)(H,25,26)/b20-13-/t19-/m1/s1. The van der Waals surface area contributed by atoms with E-state index in [1.54, 1.807) is 42.5 Å². The van der Waals surface area contributed by atoms with Crippen molar-refractivity contribution in [3.8, 4) is 0 Å². The molecular weight excluding hydrogens is 376 g/mol. The first-order valence-electron chi connectivity index (χ1n) is 9.26. The third-order valence-electron chi connectivity index (χ3n) is 4.50. The summed E-state index contributed by atoms with van der Waals surface area (Å²) in [6.45, 7) is 3.08. The lowest BCUT2D eigenvalue weighted by Crippen LogP contribution is -2.38. The van der Waals surface area contributed by atoms with Crippen molar-refractivity contribution in [2.45, 2.75) is 25.9 Å². The summed E-state index contributed by atoms with van der Waals surface area (Å²) in [4.78, 5) is 25.3. The number of aryl methyl sites for hydroxylation is 1. The molecule has 2 aromatic rings. The maximum absolute atomic E-state index is 12.7. The lowest BCUT2D eigenvalue weighted by molar-refractivity contribution is -0.118. The van der Waals surface area contributed by atoms with Crippen LogP contribution in [0.15, 0.2) is 54.2 Å². The van der Waals surface area contributed by atoms with Crippen LogP contribution in [0, 0.1) is 6.92 Å². The van der Waals surface area contributed by atoms with Gasteiger partial charge in [-0.2, -0.15) is 0 Å². The van der Waals surface area contributed by atoms with E-state index in [1.807, 2.05) is 19.1 Å². The summed E-state index contributed by atoms with van der Waals surface area (Å²) in [5, 5.41) is 6.18. The smallest absolute Gasteiger partial charge is 0.267 e. The minimum absolute atomic E-state index is 0.0218. The summed E-state index contributed by atoms with van der Waals surface area (Å²) in [6, 6.07) is 14.2. The summed E-state index contributed by atoms with van der Waals surface area (Å²) in [5.74, 6) is -0.696. The minimum atomic E-state index is -0.356. The van der Waals surface area contributed by atoms with Gasteiger partial charge in [0.25, 0.3) is 11.8 Å².